The molecule has 0 fully saturated rings. The van der Waals surface area contributed by atoms with Crippen LogP contribution in [0.2, 0.25) is 0 Å². The number of benzene rings is 2. The van der Waals surface area contributed by atoms with Crippen LogP contribution in [0.1, 0.15) is 43.9 Å². The number of hydrogen-bond acceptors (Lipinski definition) is 3. The molecule has 134 valence electrons. The van der Waals surface area contributed by atoms with Gasteiger partial charge in [0.1, 0.15) is 0 Å². The lowest BCUT2D eigenvalue weighted by atomic mass is 10.0. The molecule has 0 radical (unpaired) electrons. The lowest BCUT2D eigenvalue weighted by molar-refractivity contribution is 0.597. The van der Waals surface area contributed by atoms with Gasteiger partial charge < -0.3 is 10.6 Å². The number of rotatable bonds is 5. The minimum absolute atomic E-state index is 0.0826. The number of nitrogens with one attached hydrogen (secondary N) is 2. The fourth-order valence-corrected chi connectivity index (χ4v) is 3.30. The van der Waals surface area contributed by atoms with E-state index >= 15 is 0 Å². The molecule has 5 nitrogen and oxygen atoms in total. The van der Waals surface area contributed by atoms with E-state index in [2.05, 4.69) is 30.5 Å². The van der Waals surface area contributed by atoms with E-state index in [1.807, 2.05) is 25.1 Å². The molecular weight excluding hydrogens is 354 g/mol. The summed E-state index contributed by atoms with van der Waals surface area (Å²) in [6.07, 6.45) is 0. The van der Waals surface area contributed by atoms with Crippen molar-refractivity contribution in [3.8, 4) is 0 Å². The van der Waals surface area contributed by atoms with Gasteiger partial charge in [-0.15, -0.1) is 0 Å². The Balaban J connectivity index is 2.06. The van der Waals surface area contributed by atoms with Crippen molar-refractivity contribution >= 4 is 33.0 Å². The lowest BCUT2D eigenvalue weighted by Crippen LogP contribution is -2.31. The third-order valence-corrected chi connectivity index (χ3v) is 5.04. The Hall–Kier alpha value is -1.96. The van der Waals surface area contributed by atoms with Crippen LogP contribution in [0.15, 0.2) is 53.4 Å². The molecule has 7 heteroatoms. The van der Waals surface area contributed by atoms with Crippen LogP contribution in [0.25, 0.3) is 0 Å². The first kappa shape index (κ1) is 19.4. The summed E-state index contributed by atoms with van der Waals surface area (Å²) in [6, 6.07) is 14.4. The molecule has 0 aliphatic carbocycles. The Morgan fingerprint density at radius 2 is 1.64 bits per heavy atom. The minimum Gasteiger partial charge on any atom is -0.356 e. The predicted molar refractivity (Wildman–Crippen MR) is 106 cm³/mol. The van der Waals surface area contributed by atoms with Crippen LogP contribution in [0.3, 0.4) is 0 Å². The monoisotopic (exact) mass is 377 g/mol. The number of primary sulfonamides is 1. The summed E-state index contributed by atoms with van der Waals surface area (Å²) in [5, 5.41) is 12.1. The van der Waals surface area contributed by atoms with E-state index in [-0.39, 0.29) is 10.9 Å². The second kappa shape index (κ2) is 7.95. The van der Waals surface area contributed by atoms with E-state index in [1.165, 1.54) is 17.7 Å². The van der Waals surface area contributed by atoms with Gasteiger partial charge in [0.2, 0.25) is 10.0 Å². The van der Waals surface area contributed by atoms with E-state index < -0.39 is 10.0 Å². The number of thiocarbonyl (C=S) groups is 1. The van der Waals surface area contributed by atoms with Crippen LogP contribution in [-0.2, 0) is 10.0 Å². The van der Waals surface area contributed by atoms with Gasteiger partial charge in [0.05, 0.1) is 10.9 Å². The molecule has 0 saturated heterocycles. The van der Waals surface area contributed by atoms with Gasteiger partial charge in [-0.2, -0.15) is 0 Å². The number of hydrogen-bond donors (Lipinski definition) is 3. The number of nitrogens with two attached hydrogens (primary N) is 1. The minimum atomic E-state index is -3.68. The molecule has 4 N–H and O–H groups in total. The predicted octanol–water partition coefficient (Wildman–Crippen LogP) is 3.51. The fourth-order valence-electron chi connectivity index (χ4n) is 2.50. The van der Waals surface area contributed by atoms with E-state index in [9.17, 15) is 8.42 Å². The second-order valence-corrected chi connectivity index (χ2v) is 8.15. The normalized spacial score (nSPS) is 12.7. The molecule has 0 spiro atoms. The molecule has 2 aromatic rings. The highest BCUT2D eigenvalue weighted by Crippen LogP contribution is 2.24. The zero-order chi connectivity index (χ0) is 18.6. The molecular formula is C18H23N3O2S2. The molecule has 2 rings (SSSR count). The quantitative estimate of drug-likeness (QED) is 0.695. The van der Waals surface area contributed by atoms with Gasteiger partial charge in [0.15, 0.2) is 5.11 Å². The highest BCUT2D eigenvalue weighted by atomic mass is 32.2. The first-order valence-electron chi connectivity index (χ1n) is 7.97. The van der Waals surface area contributed by atoms with Crippen LogP contribution in [0, 0.1) is 0 Å². The Labute approximate surface area is 154 Å². The standard InChI is InChI=1S/C18H23N3O2S2/c1-12(2)16-6-4-5-7-17(16)21-18(24)20-13(3)14-8-10-15(11-9-14)25(19,22)23/h4-13H,1-3H3,(H2,19,22,23)(H2,20,21,24)/t13-/m1/s1. The zero-order valence-electron chi connectivity index (χ0n) is 14.5. The van der Waals surface area contributed by atoms with E-state index in [4.69, 9.17) is 17.4 Å². The van der Waals surface area contributed by atoms with Crippen molar-refractivity contribution in [1.29, 1.82) is 0 Å². The molecule has 0 unspecified atom stereocenters. The van der Waals surface area contributed by atoms with Gasteiger partial charge in [-0.25, -0.2) is 13.6 Å². The SMILES string of the molecule is CC(C)c1ccccc1NC(=S)N[C@H](C)c1ccc(S(N)(=O)=O)cc1. The first-order valence-corrected chi connectivity index (χ1v) is 9.93. The van der Waals surface area contributed by atoms with Crippen molar-refractivity contribution in [2.45, 2.75) is 37.6 Å². The highest BCUT2D eigenvalue weighted by Gasteiger charge is 2.12. The molecule has 0 amide bonds. The third-order valence-electron chi connectivity index (χ3n) is 3.89. The molecule has 0 bridgehead atoms. The molecule has 0 heterocycles. The third kappa shape index (κ3) is 5.26. The molecule has 1 atom stereocenters. The summed E-state index contributed by atoms with van der Waals surface area (Å²) in [5.41, 5.74) is 3.08. The largest absolute Gasteiger partial charge is 0.356 e. The summed E-state index contributed by atoms with van der Waals surface area (Å²) in [5.74, 6) is 0.384. The molecule has 25 heavy (non-hydrogen) atoms. The molecule has 0 saturated carbocycles. The number of sulfonamides is 1. The number of para-hydroxylation sites is 1. The highest BCUT2D eigenvalue weighted by molar-refractivity contribution is 7.89. The van der Waals surface area contributed by atoms with E-state index in [0.29, 0.717) is 11.0 Å². The van der Waals surface area contributed by atoms with Crippen molar-refractivity contribution in [2.75, 3.05) is 5.32 Å². The van der Waals surface area contributed by atoms with Crippen molar-refractivity contribution in [3.05, 3.63) is 59.7 Å². The first-order chi connectivity index (χ1) is 11.7. The van der Waals surface area contributed by atoms with Crippen LogP contribution in [0.4, 0.5) is 5.69 Å². The summed E-state index contributed by atoms with van der Waals surface area (Å²) >= 11 is 5.41. The molecule has 0 aliphatic heterocycles. The maximum atomic E-state index is 11.3. The van der Waals surface area contributed by atoms with Gasteiger partial charge in [0, 0.05) is 5.69 Å². The Morgan fingerprint density at radius 3 is 2.20 bits per heavy atom. The average molecular weight is 378 g/mol. The Morgan fingerprint density at radius 1 is 1.04 bits per heavy atom. The average Bonchev–Trinajstić information content (AvgIpc) is 2.54. The maximum Gasteiger partial charge on any atom is 0.238 e. The summed E-state index contributed by atoms with van der Waals surface area (Å²) in [6.45, 7) is 6.22. The van der Waals surface area contributed by atoms with Crippen LogP contribution in [-0.4, -0.2) is 13.5 Å². The van der Waals surface area contributed by atoms with Gasteiger partial charge in [-0.3, -0.25) is 0 Å². The molecule has 0 aromatic heterocycles. The summed E-state index contributed by atoms with van der Waals surface area (Å²) in [7, 11) is -3.68. The van der Waals surface area contributed by atoms with Gasteiger partial charge >= 0.3 is 0 Å². The fraction of sp³-hybridized carbons (Fsp3) is 0.278. The number of anilines is 1. The van der Waals surface area contributed by atoms with Crippen molar-refractivity contribution in [1.82, 2.24) is 5.32 Å². The summed E-state index contributed by atoms with van der Waals surface area (Å²) in [4.78, 5) is 0.0926. The smallest absolute Gasteiger partial charge is 0.238 e. The topological polar surface area (TPSA) is 84.2 Å². The van der Waals surface area contributed by atoms with Crippen molar-refractivity contribution in [3.63, 3.8) is 0 Å². The lowest BCUT2D eigenvalue weighted by Gasteiger charge is -2.20. The zero-order valence-corrected chi connectivity index (χ0v) is 16.1. The summed E-state index contributed by atoms with van der Waals surface area (Å²) < 4.78 is 22.6. The Bertz CT molecular complexity index is 847. The van der Waals surface area contributed by atoms with Gasteiger partial charge in [-0.1, -0.05) is 44.2 Å². The van der Waals surface area contributed by atoms with Crippen LogP contribution < -0.4 is 15.8 Å². The van der Waals surface area contributed by atoms with Crippen molar-refractivity contribution in [2.24, 2.45) is 5.14 Å². The van der Waals surface area contributed by atoms with Crippen LogP contribution >= 0.6 is 12.2 Å². The Kier molecular flexibility index (Phi) is 6.16. The second-order valence-electron chi connectivity index (χ2n) is 6.18. The maximum absolute atomic E-state index is 11.3. The van der Waals surface area contributed by atoms with E-state index in [0.717, 1.165) is 11.3 Å². The van der Waals surface area contributed by atoms with Crippen LogP contribution in [0.5, 0.6) is 0 Å². The molecule has 2 aromatic carbocycles. The van der Waals surface area contributed by atoms with Gasteiger partial charge in [0.25, 0.3) is 0 Å². The van der Waals surface area contributed by atoms with Crippen molar-refractivity contribution < 1.29 is 8.42 Å². The van der Waals surface area contributed by atoms with Gasteiger partial charge in [-0.05, 0) is 54.4 Å². The van der Waals surface area contributed by atoms with E-state index in [1.54, 1.807) is 12.1 Å². The molecule has 0 aliphatic rings.